The van der Waals surface area contributed by atoms with E-state index in [1.165, 1.54) is 6.21 Å². The molecule has 0 radical (unpaired) electrons. The van der Waals surface area contributed by atoms with Crippen LogP contribution in [0.15, 0.2) is 82.7 Å². The molecule has 154 valence electrons. The van der Waals surface area contributed by atoms with E-state index in [9.17, 15) is 14.7 Å². The minimum atomic E-state index is -0.434. The van der Waals surface area contributed by atoms with Crippen LogP contribution in [0.4, 0.5) is 5.69 Å². The topological polar surface area (TPSA) is 93.8 Å². The van der Waals surface area contributed by atoms with E-state index in [0.29, 0.717) is 33.4 Å². The maximum atomic E-state index is 13.0. The van der Waals surface area contributed by atoms with Gasteiger partial charge < -0.3 is 9.84 Å². The van der Waals surface area contributed by atoms with Crippen LogP contribution in [-0.4, -0.2) is 33.4 Å². The Hall–Kier alpha value is -4.26. The monoisotopic (exact) mass is 413 g/mol. The largest absolute Gasteiger partial charge is 0.494 e. The van der Waals surface area contributed by atoms with Gasteiger partial charge in [-0.25, -0.2) is 14.3 Å². The van der Waals surface area contributed by atoms with Crippen molar-refractivity contribution in [1.29, 1.82) is 0 Å². The van der Waals surface area contributed by atoms with Crippen molar-refractivity contribution in [3.8, 4) is 11.7 Å². The molecule has 0 atom stereocenters. The number of fused-ring (bicyclic) bond motifs is 1. The van der Waals surface area contributed by atoms with Crippen LogP contribution in [0, 0.1) is 0 Å². The smallest absolute Gasteiger partial charge is 0.338 e. The highest BCUT2D eigenvalue weighted by atomic mass is 16.5. The fourth-order valence-electron chi connectivity index (χ4n) is 3.25. The lowest BCUT2D eigenvalue weighted by Crippen LogP contribution is -2.20. The summed E-state index contributed by atoms with van der Waals surface area (Å²) >= 11 is 0. The number of benzene rings is 2. The molecule has 0 saturated heterocycles. The lowest BCUT2D eigenvalue weighted by molar-refractivity contribution is 0.0526. The molecule has 2 aromatic heterocycles. The van der Waals surface area contributed by atoms with E-state index in [0.717, 1.165) is 4.57 Å². The van der Waals surface area contributed by atoms with Crippen LogP contribution in [0.3, 0.4) is 0 Å². The van der Waals surface area contributed by atoms with Crippen molar-refractivity contribution >= 4 is 28.6 Å². The van der Waals surface area contributed by atoms with E-state index >= 15 is 0 Å². The van der Waals surface area contributed by atoms with Crippen molar-refractivity contribution in [2.45, 2.75) is 6.92 Å². The first-order valence-corrected chi connectivity index (χ1v) is 9.69. The molecule has 2 aromatic carbocycles. The first-order chi connectivity index (χ1) is 15.1. The molecule has 0 bridgehead atoms. The number of carbonyl (C=O) groups excluding carboxylic acids is 1. The molecule has 0 aliphatic carbocycles. The van der Waals surface area contributed by atoms with Crippen molar-refractivity contribution in [1.82, 2.24) is 9.55 Å². The van der Waals surface area contributed by atoms with Crippen molar-refractivity contribution in [3.63, 3.8) is 0 Å². The molecule has 0 fully saturated rings. The predicted molar refractivity (Wildman–Crippen MR) is 119 cm³/mol. The van der Waals surface area contributed by atoms with Crippen molar-refractivity contribution in [3.05, 3.63) is 94.4 Å². The standard InChI is InChI=1S/C24H19N3O4/c1-2-31-24(30)16-8-7-9-17(14-16)26-15-20-18-10-3-4-11-19(18)22(28)27(23(20)29)21-12-5-6-13-25-21/h3-15,29H,2H2,1H3. The number of aromatic hydroxyl groups is 1. The number of ether oxygens (including phenoxy) is 1. The van der Waals surface area contributed by atoms with Gasteiger partial charge in [-0.2, -0.15) is 0 Å². The Morgan fingerprint density at radius 3 is 2.61 bits per heavy atom. The Bertz CT molecular complexity index is 1340. The number of carbonyl (C=O) groups is 1. The molecule has 0 amide bonds. The lowest BCUT2D eigenvalue weighted by Gasteiger charge is -2.12. The van der Waals surface area contributed by atoms with Crippen LogP contribution in [0.1, 0.15) is 22.8 Å². The molecule has 2 heterocycles. The molecule has 7 heteroatoms. The summed E-state index contributed by atoms with van der Waals surface area (Å²) in [4.78, 5) is 33.6. The Morgan fingerprint density at radius 2 is 1.87 bits per heavy atom. The van der Waals surface area contributed by atoms with Crippen LogP contribution in [0.25, 0.3) is 16.6 Å². The van der Waals surface area contributed by atoms with Crippen molar-refractivity contribution < 1.29 is 14.6 Å². The zero-order valence-electron chi connectivity index (χ0n) is 16.7. The Labute approximate surface area is 177 Å². The highest BCUT2D eigenvalue weighted by Gasteiger charge is 2.16. The normalized spacial score (nSPS) is 11.1. The van der Waals surface area contributed by atoms with E-state index in [1.807, 2.05) is 0 Å². The maximum absolute atomic E-state index is 13.0. The molecule has 0 aliphatic rings. The molecule has 31 heavy (non-hydrogen) atoms. The average molecular weight is 413 g/mol. The highest BCUT2D eigenvalue weighted by Crippen LogP contribution is 2.26. The van der Waals surface area contributed by atoms with E-state index in [2.05, 4.69) is 9.98 Å². The predicted octanol–water partition coefficient (Wildman–Crippen LogP) is 4.02. The summed E-state index contributed by atoms with van der Waals surface area (Å²) in [6, 6.07) is 18.7. The minimum absolute atomic E-state index is 0.271. The molecule has 7 nitrogen and oxygen atoms in total. The number of rotatable bonds is 5. The molecular formula is C24H19N3O4. The number of aromatic nitrogens is 2. The number of esters is 1. The van der Waals surface area contributed by atoms with Gasteiger partial charge in [0.15, 0.2) is 0 Å². The highest BCUT2D eigenvalue weighted by molar-refractivity contribution is 6.02. The first-order valence-electron chi connectivity index (χ1n) is 9.69. The maximum Gasteiger partial charge on any atom is 0.338 e. The van der Waals surface area contributed by atoms with Crippen LogP contribution in [0.2, 0.25) is 0 Å². The molecule has 4 aromatic rings. The first kappa shape index (κ1) is 20.0. The second-order valence-electron chi connectivity index (χ2n) is 6.64. The van der Waals surface area contributed by atoms with Crippen molar-refractivity contribution in [2.24, 2.45) is 4.99 Å². The van der Waals surface area contributed by atoms with Gasteiger partial charge in [-0.15, -0.1) is 0 Å². The molecule has 0 unspecified atom stereocenters. The summed E-state index contributed by atoms with van der Waals surface area (Å²) in [5.41, 5.74) is 0.865. The van der Waals surface area contributed by atoms with Crippen LogP contribution >= 0.6 is 0 Å². The van der Waals surface area contributed by atoms with Gasteiger partial charge in [-0.3, -0.25) is 9.79 Å². The quantitative estimate of drug-likeness (QED) is 0.394. The zero-order chi connectivity index (χ0) is 21.8. The SMILES string of the molecule is CCOC(=O)c1cccc(N=Cc2c(O)n(-c3ccccn3)c(=O)c3ccccc23)c1. The molecule has 0 saturated carbocycles. The molecule has 0 spiro atoms. The van der Waals surface area contributed by atoms with Gasteiger partial charge in [-0.1, -0.05) is 30.3 Å². The summed E-state index contributed by atoms with van der Waals surface area (Å²) in [6.45, 7) is 2.02. The molecular weight excluding hydrogens is 394 g/mol. The molecule has 4 rings (SSSR count). The number of nitrogens with zero attached hydrogens (tertiary/aromatic N) is 3. The second kappa shape index (κ2) is 8.62. The minimum Gasteiger partial charge on any atom is -0.494 e. The average Bonchev–Trinajstić information content (AvgIpc) is 2.80. The number of aliphatic imine (C=N–C) groups is 1. The van der Waals surface area contributed by atoms with E-state index in [1.54, 1.807) is 79.9 Å². The fourth-order valence-corrected chi connectivity index (χ4v) is 3.25. The summed E-state index contributed by atoms with van der Waals surface area (Å²) in [6.07, 6.45) is 3.02. The second-order valence-corrected chi connectivity index (χ2v) is 6.64. The van der Waals surface area contributed by atoms with Gasteiger partial charge in [-0.05, 0) is 43.3 Å². The van der Waals surface area contributed by atoms with Crippen molar-refractivity contribution in [2.75, 3.05) is 6.61 Å². The summed E-state index contributed by atoms with van der Waals surface area (Å²) in [5.74, 6) is -0.404. The van der Waals surface area contributed by atoms with E-state index in [4.69, 9.17) is 4.74 Å². The third-order valence-electron chi connectivity index (χ3n) is 4.68. The van der Waals surface area contributed by atoms with Crippen LogP contribution < -0.4 is 5.56 Å². The Balaban J connectivity index is 1.86. The molecule has 1 N–H and O–H groups in total. The van der Waals surface area contributed by atoms with Gasteiger partial charge in [0.05, 0.1) is 23.4 Å². The third-order valence-corrected chi connectivity index (χ3v) is 4.68. The van der Waals surface area contributed by atoms with E-state index < -0.39 is 5.97 Å². The summed E-state index contributed by atoms with van der Waals surface area (Å²) in [7, 11) is 0. The molecule has 0 aliphatic heterocycles. The van der Waals surface area contributed by atoms with Gasteiger partial charge in [0.2, 0.25) is 5.88 Å². The Morgan fingerprint density at radius 1 is 1.10 bits per heavy atom. The number of pyridine rings is 2. The fraction of sp³-hybridized carbons (Fsp3) is 0.0833. The van der Waals surface area contributed by atoms with Crippen LogP contribution in [0.5, 0.6) is 5.88 Å². The Kier molecular flexibility index (Phi) is 5.57. The van der Waals surface area contributed by atoms with Crippen LogP contribution in [-0.2, 0) is 4.74 Å². The number of hydrogen-bond acceptors (Lipinski definition) is 6. The van der Waals surface area contributed by atoms with Gasteiger partial charge >= 0.3 is 5.97 Å². The summed E-state index contributed by atoms with van der Waals surface area (Å²) < 4.78 is 6.18. The van der Waals surface area contributed by atoms with Gasteiger partial charge in [0, 0.05) is 23.2 Å². The van der Waals surface area contributed by atoms with E-state index in [-0.39, 0.29) is 18.0 Å². The zero-order valence-corrected chi connectivity index (χ0v) is 16.7. The van der Waals surface area contributed by atoms with Gasteiger partial charge in [0.25, 0.3) is 5.56 Å². The van der Waals surface area contributed by atoms with Gasteiger partial charge in [0.1, 0.15) is 5.82 Å². The summed E-state index contributed by atoms with van der Waals surface area (Å²) in [5, 5.41) is 12.0. The lowest BCUT2D eigenvalue weighted by atomic mass is 10.1. The third kappa shape index (κ3) is 3.93. The number of hydrogen-bond donors (Lipinski definition) is 1.